The molecule has 0 aromatic carbocycles. The molecular formula is C12H27NO3. The summed E-state index contributed by atoms with van der Waals surface area (Å²) in [5.41, 5.74) is 0. The first-order chi connectivity index (χ1) is 7.76. The predicted octanol–water partition coefficient (Wildman–Crippen LogP) is 2.03. The van der Waals surface area contributed by atoms with Crippen molar-refractivity contribution in [3.8, 4) is 0 Å². The minimum Gasteiger partial charge on any atom is -0.393 e. The predicted molar refractivity (Wildman–Crippen MR) is 65.4 cm³/mol. The minimum atomic E-state index is -0.178. The highest BCUT2D eigenvalue weighted by atomic mass is 17.1. The first kappa shape index (κ1) is 15.8. The van der Waals surface area contributed by atoms with Crippen molar-refractivity contribution in [3.63, 3.8) is 0 Å². The smallest absolute Gasteiger partial charge is 0.0820 e. The van der Waals surface area contributed by atoms with E-state index < -0.39 is 0 Å². The Morgan fingerprint density at radius 3 is 2.56 bits per heavy atom. The fraction of sp³-hybridized carbons (Fsp3) is 1.00. The zero-order valence-corrected chi connectivity index (χ0v) is 10.6. The summed E-state index contributed by atoms with van der Waals surface area (Å²) in [6.07, 6.45) is 4.60. The third-order valence-electron chi connectivity index (χ3n) is 2.90. The Labute approximate surface area is 98.9 Å². The summed E-state index contributed by atoms with van der Waals surface area (Å²) in [6, 6.07) is 0. The van der Waals surface area contributed by atoms with E-state index in [0.717, 1.165) is 45.2 Å². The Kier molecular flexibility index (Phi) is 11.2. The van der Waals surface area contributed by atoms with Gasteiger partial charge in [0.2, 0.25) is 0 Å². The van der Waals surface area contributed by atoms with Crippen LogP contribution in [0.15, 0.2) is 0 Å². The van der Waals surface area contributed by atoms with Gasteiger partial charge < -0.3 is 10.4 Å². The van der Waals surface area contributed by atoms with E-state index in [-0.39, 0.29) is 6.10 Å². The molecule has 0 heterocycles. The molecular weight excluding hydrogens is 206 g/mol. The normalized spacial score (nSPS) is 15.0. The molecule has 2 unspecified atom stereocenters. The number of hydrogen-bond donors (Lipinski definition) is 3. The number of nitrogens with one attached hydrogen (secondary N) is 1. The molecule has 0 aliphatic heterocycles. The van der Waals surface area contributed by atoms with Crippen molar-refractivity contribution in [1.29, 1.82) is 0 Å². The Hall–Kier alpha value is -0.160. The highest BCUT2D eigenvalue weighted by molar-refractivity contribution is 4.69. The fourth-order valence-electron chi connectivity index (χ4n) is 1.79. The number of rotatable bonds is 11. The Balaban J connectivity index is 3.47. The zero-order chi connectivity index (χ0) is 12.2. The van der Waals surface area contributed by atoms with Gasteiger partial charge in [-0.15, -0.1) is 0 Å². The topological polar surface area (TPSA) is 61.7 Å². The molecule has 0 radical (unpaired) electrons. The van der Waals surface area contributed by atoms with E-state index in [1.54, 1.807) is 0 Å². The van der Waals surface area contributed by atoms with Gasteiger partial charge in [-0.25, -0.2) is 4.89 Å². The Morgan fingerprint density at radius 1 is 1.25 bits per heavy atom. The largest absolute Gasteiger partial charge is 0.393 e. The molecule has 0 aliphatic carbocycles. The van der Waals surface area contributed by atoms with Crippen molar-refractivity contribution >= 4 is 0 Å². The van der Waals surface area contributed by atoms with E-state index in [4.69, 9.17) is 5.26 Å². The summed E-state index contributed by atoms with van der Waals surface area (Å²) in [4.78, 5) is 3.99. The summed E-state index contributed by atoms with van der Waals surface area (Å²) in [6.45, 7) is 6.40. The molecule has 0 aromatic rings. The minimum absolute atomic E-state index is 0.178. The van der Waals surface area contributed by atoms with Gasteiger partial charge in [-0.2, -0.15) is 0 Å². The Morgan fingerprint density at radius 2 is 2.00 bits per heavy atom. The lowest BCUT2D eigenvalue weighted by Gasteiger charge is -2.21. The molecule has 0 aromatic heterocycles. The third kappa shape index (κ3) is 8.05. The third-order valence-corrected chi connectivity index (χ3v) is 2.90. The number of unbranched alkanes of at least 4 members (excludes halogenated alkanes) is 1. The van der Waals surface area contributed by atoms with Gasteiger partial charge in [0.05, 0.1) is 12.7 Å². The van der Waals surface area contributed by atoms with Gasteiger partial charge >= 0.3 is 0 Å². The molecule has 98 valence electrons. The van der Waals surface area contributed by atoms with E-state index in [9.17, 15) is 5.11 Å². The van der Waals surface area contributed by atoms with Crippen molar-refractivity contribution in [1.82, 2.24) is 5.32 Å². The molecule has 0 spiro atoms. The van der Waals surface area contributed by atoms with E-state index in [1.165, 1.54) is 0 Å². The van der Waals surface area contributed by atoms with Crippen LogP contribution in [-0.2, 0) is 4.89 Å². The van der Waals surface area contributed by atoms with Crippen LogP contribution in [-0.4, -0.2) is 36.2 Å². The van der Waals surface area contributed by atoms with Crippen molar-refractivity contribution in [3.05, 3.63) is 0 Å². The summed E-state index contributed by atoms with van der Waals surface area (Å²) in [5, 5.41) is 21.3. The van der Waals surface area contributed by atoms with E-state index >= 15 is 0 Å². The van der Waals surface area contributed by atoms with Crippen molar-refractivity contribution < 1.29 is 15.3 Å². The van der Waals surface area contributed by atoms with Crippen LogP contribution in [0.25, 0.3) is 0 Å². The second-order valence-electron chi connectivity index (χ2n) is 4.27. The molecule has 0 fully saturated rings. The van der Waals surface area contributed by atoms with Gasteiger partial charge in [-0.3, -0.25) is 5.26 Å². The molecule has 0 aliphatic rings. The monoisotopic (exact) mass is 233 g/mol. The van der Waals surface area contributed by atoms with Gasteiger partial charge in [0.25, 0.3) is 0 Å². The van der Waals surface area contributed by atoms with Gasteiger partial charge in [-0.05, 0) is 38.1 Å². The van der Waals surface area contributed by atoms with Crippen molar-refractivity contribution in [2.24, 2.45) is 5.92 Å². The molecule has 4 nitrogen and oxygen atoms in total. The van der Waals surface area contributed by atoms with Gasteiger partial charge in [0, 0.05) is 6.54 Å². The number of aliphatic hydroxyl groups is 1. The second kappa shape index (κ2) is 11.3. The average molecular weight is 233 g/mol. The molecule has 0 rings (SSSR count). The lowest BCUT2D eigenvalue weighted by Crippen LogP contribution is -2.31. The van der Waals surface area contributed by atoms with Crippen LogP contribution in [0.5, 0.6) is 0 Å². The van der Waals surface area contributed by atoms with Crippen LogP contribution in [0, 0.1) is 5.92 Å². The SMILES string of the molecule is CCCC(O)C(CC)CNCCCCOO. The van der Waals surface area contributed by atoms with Crippen LogP contribution in [0.3, 0.4) is 0 Å². The van der Waals surface area contributed by atoms with Gasteiger partial charge in [0.15, 0.2) is 0 Å². The number of hydrogen-bond acceptors (Lipinski definition) is 4. The van der Waals surface area contributed by atoms with E-state index in [1.807, 2.05) is 0 Å². The number of aliphatic hydroxyl groups excluding tert-OH is 1. The van der Waals surface area contributed by atoms with Crippen LogP contribution >= 0.6 is 0 Å². The maximum Gasteiger partial charge on any atom is 0.0820 e. The summed E-state index contributed by atoms with van der Waals surface area (Å²) < 4.78 is 0. The second-order valence-corrected chi connectivity index (χ2v) is 4.27. The standard InChI is InChI=1S/C12H27NO3/c1-3-7-12(14)11(4-2)10-13-8-5-6-9-16-15/h11-15H,3-10H2,1-2H3. The first-order valence-electron chi connectivity index (χ1n) is 6.41. The van der Waals surface area contributed by atoms with Crippen LogP contribution in [0.4, 0.5) is 0 Å². The van der Waals surface area contributed by atoms with Crippen LogP contribution < -0.4 is 5.32 Å². The van der Waals surface area contributed by atoms with Crippen molar-refractivity contribution in [2.75, 3.05) is 19.7 Å². The first-order valence-corrected chi connectivity index (χ1v) is 6.41. The lowest BCUT2D eigenvalue weighted by atomic mass is 9.96. The lowest BCUT2D eigenvalue weighted by molar-refractivity contribution is -0.242. The van der Waals surface area contributed by atoms with Crippen LogP contribution in [0.1, 0.15) is 46.0 Å². The fourth-order valence-corrected chi connectivity index (χ4v) is 1.79. The van der Waals surface area contributed by atoms with Gasteiger partial charge in [-0.1, -0.05) is 20.3 Å². The summed E-state index contributed by atoms with van der Waals surface area (Å²) in [5.74, 6) is 0.356. The molecule has 0 saturated carbocycles. The maximum atomic E-state index is 9.86. The summed E-state index contributed by atoms with van der Waals surface area (Å²) in [7, 11) is 0. The molecule has 2 atom stereocenters. The highest BCUT2D eigenvalue weighted by Gasteiger charge is 2.15. The molecule has 0 amide bonds. The van der Waals surface area contributed by atoms with E-state index in [2.05, 4.69) is 24.1 Å². The maximum absolute atomic E-state index is 9.86. The molecule has 0 bridgehead atoms. The average Bonchev–Trinajstić information content (AvgIpc) is 2.28. The zero-order valence-electron chi connectivity index (χ0n) is 10.6. The van der Waals surface area contributed by atoms with Crippen LogP contribution in [0.2, 0.25) is 0 Å². The molecule has 3 N–H and O–H groups in total. The molecule has 0 saturated heterocycles. The van der Waals surface area contributed by atoms with Gasteiger partial charge in [0.1, 0.15) is 0 Å². The Bertz CT molecular complexity index is 144. The van der Waals surface area contributed by atoms with E-state index in [0.29, 0.717) is 12.5 Å². The highest BCUT2D eigenvalue weighted by Crippen LogP contribution is 2.12. The summed E-state index contributed by atoms with van der Waals surface area (Å²) >= 11 is 0. The quantitative estimate of drug-likeness (QED) is 0.290. The molecule has 16 heavy (non-hydrogen) atoms. The molecule has 4 heteroatoms. The van der Waals surface area contributed by atoms with Crippen molar-refractivity contribution in [2.45, 2.75) is 52.1 Å².